The maximum atomic E-state index is 12.3. The molecule has 0 saturated heterocycles. The molecular weight excluding hydrogens is 444 g/mol. The molecular formula is C24H22N2O4S2. The Balaban J connectivity index is 1.47. The van der Waals surface area contributed by atoms with E-state index in [-0.39, 0.29) is 21.4 Å². The molecule has 164 valence electrons. The number of benzene rings is 2. The lowest BCUT2D eigenvalue weighted by Gasteiger charge is -2.40. The van der Waals surface area contributed by atoms with Crippen molar-refractivity contribution in [3.8, 4) is 5.75 Å². The third-order valence-electron chi connectivity index (χ3n) is 7.24. The Labute approximate surface area is 193 Å². The average molecular weight is 467 g/mol. The Morgan fingerprint density at radius 2 is 1.94 bits per heavy atom. The number of fused-ring (bicyclic) bond motifs is 6. The van der Waals surface area contributed by atoms with Crippen LogP contribution in [0, 0.1) is 27.9 Å². The number of non-ortho nitro benzene ring substituents is 1. The molecule has 6 nitrogen and oxygen atoms in total. The van der Waals surface area contributed by atoms with Gasteiger partial charge in [-0.3, -0.25) is 14.9 Å². The van der Waals surface area contributed by atoms with E-state index in [1.54, 1.807) is 12.1 Å². The summed E-state index contributed by atoms with van der Waals surface area (Å²) < 4.78 is 6.25. The van der Waals surface area contributed by atoms with Crippen LogP contribution in [0.2, 0.25) is 0 Å². The van der Waals surface area contributed by atoms with Crippen molar-refractivity contribution in [2.24, 2.45) is 17.8 Å². The summed E-state index contributed by atoms with van der Waals surface area (Å²) in [5, 5.41) is 13.0. The molecule has 0 spiro atoms. The highest BCUT2D eigenvalue weighted by atomic mass is 32.2. The summed E-state index contributed by atoms with van der Waals surface area (Å²) in [4.78, 5) is 27.6. The van der Waals surface area contributed by atoms with Crippen molar-refractivity contribution in [3.05, 3.63) is 84.3 Å². The summed E-state index contributed by atoms with van der Waals surface area (Å²) in [5.74, 6) is 2.24. The molecule has 1 aliphatic heterocycles. The molecule has 0 amide bonds. The van der Waals surface area contributed by atoms with Gasteiger partial charge in [-0.1, -0.05) is 41.7 Å². The van der Waals surface area contributed by atoms with Gasteiger partial charge in [0, 0.05) is 33.7 Å². The normalized spacial score (nSPS) is 27.7. The van der Waals surface area contributed by atoms with Crippen LogP contribution in [0.15, 0.2) is 58.4 Å². The summed E-state index contributed by atoms with van der Waals surface area (Å²) in [6.07, 6.45) is 3.65. The predicted octanol–water partition coefficient (Wildman–Crippen LogP) is 5.58. The summed E-state index contributed by atoms with van der Waals surface area (Å²) in [6, 6.07) is 14.8. The lowest BCUT2D eigenvalue weighted by molar-refractivity contribution is -0.385. The minimum absolute atomic E-state index is 0.0545. The number of rotatable bonds is 5. The SMILES string of the molecule is O=c1[nH]c2c(s1)[C@H](c1cc([N+](=O)[O-])ccc1OCc1ccccc1)C1C3CCC(C3)C1S2. The highest BCUT2D eigenvalue weighted by molar-refractivity contribution is 8.00. The lowest BCUT2D eigenvalue weighted by atomic mass is 9.74. The Kier molecular flexibility index (Phi) is 4.87. The number of nitro benzene ring substituents is 1. The molecule has 2 aromatic carbocycles. The van der Waals surface area contributed by atoms with Gasteiger partial charge in [-0.25, -0.2) is 0 Å². The van der Waals surface area contributed by atoms with Crippen LogP contribution in [0.25, 0.3) is 0 Å². The zero-order valence-corrected chi connectivity index (χ0v) is 18.9. The fourth-order valence-corrected chi connectivity index (χ4v) is 8.84. The Morgan fingerprint density at radius 1 is 1.12 bits per heavy atom. The molecule has 2 heterocycles. The minimum atomic E-state index is -0.346. The second-order valence-corrected chi connectivity index (χ2v) is 11.1. The van der Waals surface area contributed by atoms with E-state index < -0.39 is 0 Å². The monoisotopic (exact) mass is 466 g/mol. The van der Waals surface area contributed by atoms with Crippen LogP contribution in [0.1, 0.15) is 41.2 Å². The van der Waals surface area contributed by atoms with Gasteiger partial charge in [0.2, 0.25) is 0 Å². The first-order valence-corrected chi connectivity index (χ1v) is 12.6. The van der Waals surface area contributed by atoms with Crippen LogP contribution in [-0.2, 0) is 6.61 Å². The van der Waals surface area contributed by atoms with Gasteiger partial charge >= 0.3 is 4.87 Å². The lowest BCUT2D eigenvalue weighted by Crippen LogP contribution is -2.33. The second-order valence-electron chi connectivity index (χ2n) is 8.93. The van der Waals surface area contributed by atoms with Gasteiger partial charge in [-0.15, -0.1) is 11.8 Å². The molecule has 4 unspecified atom stereocenters. The number of thiazole rings is 1. The molecule has 3 aliphatic rings. The molecule has 0 radical (unpaired) electrons. The highest BCUT2D eigenvalue weighted by Gasteiger charge is 2.55. The minimum Gasteiger partial charge on any atom is -0.489 e. The smallest absolute Gasteiger partial charge is 0.305 e. The van der Waals surface area contributed by atoms with Crippen molar-refractivity contribution in [2.75, 3.05) is 0 Å². The van der Waals surface area contributed by atoms with E-state index in [1.807, 2.05) is 42.1 Å². The van der Waals surface area contributed by atoms with Crippen LogP contribution < -0.4 is 9.61 Å². The fraction of sp³-hybridized carbons (Fsp3) is 0.375. The van der Waals surface area contributed by atoms with E-state index in [4.69, 9.17) is 4.74 Å². The molecule has 5 atom stereocenters. The maximum absolute atomic E-state index is 12.3. The number of H-pyrrole nitrogens is 1. The predicted molar refractivity (Wildman–Crippen MR) is 125 cm³/mol. The van der Waals surface area contributed by atoms with E-state index >= 15 is 0 Å². The van der Waals surface area contributed by atoms with Crippen LogP contribution >= 0.6 is 23.1 Å². The quantitative estimate of drug-likeness (QED) is 0.392. The topological polar surface area (TPSA) is 85.2 Å². The molecule has 2 saturated carbocycles. The highest BCUT2D eigenvalue weighted by Crippen LogP contribution is 2.64. The van der Waals surface area contributed by atoms with Crippen LogP contribution in [0.5, 0.6) is 5.75 Å². The van der Waals surface area contributed by atoms with E-state index in [0.717, 1.165) is 21.0 Å². The van der Waals surface area contributed by atoms with Gasteiger partial charge in [0.05, 0.1) is 9.95 Å². The van der Waals surface area contributed by atoms with Gasteiger partial charge in [0.1, 0.15) is 12.4 Å². The first-order chi connectivity index (χ1) is 15.6. The number of hydrogen-bond acceptors (Lipinski definition) is 6. The third kappa shape index (κ3) is 3.28. The van der Waals surface area contributed by atoms with Crippen LogP contribution in [0.4, 0.5) is 5.69 Å². The molecule has 6 rings (SSSR count). The van der Waals surface area contributed by atoms with E-state index in [1.165, 1.54) is 36.7 Å². The Bertz CT molecular complexity index is 1240. The zero-order chi connectivity index (χ0) is 21.8. The van der Waals surface area contributed by atoms with Gasteiger partial charge in [0.15, 0.2) is 0 Å². The standard InChI is InChI=1S/C24H22N2O4S2/c27-24-25-23-22(32-24)20(19-14-6-7-15(10-14)21(19)31-23)17-11-16(26(28)29)8-9-18(17)30-12-13-4-2-1-3-5-13/h1-5,8-9,11,14-15,19-21H,6-7,10,12H2,(H,25,27)/t14?,15?,19?,20-,21?/m1/s1. The first-order valence-electron chi connectivity index (χ1n) is 10.9. The first kappa shape index (κ1) is 20.1. The number of thioether (sulfide) groups is 1. The van der Waals surface area contributed by atoms with Gasteiger partial charge < -0.3 is 9.72 Å². The number of aromatic nitrogens is 1. The summed E-state index contributed by atoms with van der Waals surface area (Å²) in [6.45, 7) is 0.392. The van der Waals surface area contributed by atoms with Gasteiger partial charge in [-0.05, 0) is 48.6 Å². The Morgan fingerprint density at radius 3 is 2.75 bits per heavy atom. The van der Waals surface area contributed by atoms with Crippen molar-refractivity contribution >= 4 is 28.8 Å². The number of ether oxygens (including phenoxy) is 1. The molecule has 1 aromatic heterocycles. The average Bonchev–Trinajstić information content (AvgIpc) is 3.51. The fourth-order valence-electron chi connectivity index (χ4n) is 5.96. The van der Waals surface area contributed by atoms with Crippen molar-refractivity contribution < 1.29 is 9.66 Å². The molecule has 2 aliphatic carbocycles. The van der Waals surface area contributed by atoms with E-state index in [2.05, 4.69) is 4.98 Å². The number of nitrogens with one attached hydrogen (secondary N) is 1. The number of nitro groups is 1. The molecule has 2 bridgehead atoms. The van der Waals surface area contributed by atoms with Crippen molar-refractivity contribution in [1.29, 1.82) is 0 Å². The van der Waals surface area contributed by atoms with Crippen LogP contribution in [0.3, 0.4) is 0 Å². The van der Waals surface area contributed by atoms with Crippen LogP contribution in [-0.4, -0.2) is 15.2 Å². The number of nitrogens with zero attached hydrogens (tertiary/aromatic N) is 1. The summed E-state index contributed by atoms with van der Waals surface area (Å²) in [7, 11) is 0. The van der Waals surface area contributed by atoms with Crippen molar-refractivity contribution in [1.82, 2.24) is 4.98 Å². The van der Waals surface area contributed by atoms with E-state index in [0.29, 0.717) is 35.4 Å². The molecule has 3 aromatic rings. The number of aromatic amines is 1. The summed E-state index contributed by atoms with van der Waals surface area (Å²) in [5.41, 5.74) is 1.95. The van der Waals surface area contributed by atoms with E-state index in [9.17, 15) is 14.9 Å². The molecule has 8 heteroatoms. The molecule has 2 fully saturated rings. The molecule has 1 N–H and O–H groups in total. The van der Waals surface area contributed by atoms with Crippen molar-refractivity contribution in [3.63, 3.8) is 0 Å². The van der Waals surface area contributed by atoms with Gasteiger partial charge in [-0.2, -0.15) is 0 Å². The third-order valence-corrected chi connectivity index (χ3v) is 9.87. The maximum Gasteiger partial charge on any atom is 0.305 e. The van der Waals surface area contributed by atoms with Gasteiger partial charge in [0.25, 0.3) is 5.69 Å². The molecule has 32 heavy (non-hydrogen) atoms. The second kappa shape index (κ2) is 7.78. The Hall–Kier alpha value is -2.58. The summed E-state index contributed by atoms with van der Waals surface area (Å²) >= 11 is 3.07. The largest absolute Gasteiger partial charge is 0.489 e. The zero-order valence-electron chi connectivity index (χ0n) is 17.2. The van der Waals surface area contributed by atoms with Crippen molar-refractivity contribution in [2.45, 2.75) is 42.1 Å². The number of hydrogen-bond donors (Lipinski definition) is 1.